The minimum absolute atomic E-state index is 0.143. The standard InChI is InChI=1S/C28H28N4O6/c1-18-12-13-25(38-4)24(16-18)31-26(29-23-11-6-5-10-22(23)28(31)34)19(2)30(14-15-37-3)27(33)20-8-7-9-21(17-20)32(35)36/h5-13,16-17,19H,14-15H2,1-4H3. The number of aromatic nitrogens is 2. The summed E-state index contributed by atoms with van der Waals surface area (Å²) in [6.45, 7) is 4.03. The Balaban J connectivity index is 1.94. The van der Waals surface area contributed by atoms with E-state index >= 15 is 0 Å². The fourth-order valence-corrected chi connectivity index (χ4v) is 4.36. The maximum Gasteiger partial charge on any atom is 0.270 e. The maximum atomic E-state index is 13.9. The molecule has 3 aromatic carbocycles. The monoisotopic (exact) mass is 516 g/mol. The molecular formula is C28H28N4O6. The lowest BCUT2D eigenvalue weighted by molar-refractivity contribution is -0.384. The molecule has 10 nitrogen and oxygen atoms in total. The van der Waals surface area contributed by atoms with Crippen LogP contribution in [0.25, 0.3) is 16.6 Å². The van der Waals surface area contributed by atoms with E-state index < -0.39 is 16.9 Å². The molecule has 0 fully saturated rings. The number of para-hydroxylation sites is 1. The van der Waals surface area contributed by atoms with Crippen molar-refractivity contribution in [2.24, 2.45) is 0 Å². The van der Waals surface area contributed by atoms with Crippen LogP contribution >= 0.6 is 0 Å². The third kappa shape index (κ3) is 5.12. The van der Waals surface area contributed by atoms with Gasteiger partial charge in [0, 0.05) is 31.4 Å². The summed E-state index contributed by atoms with van der Waals surface area (Å²) in [5, 5.41) is 11.7. The number of nitro groups is 1. The molecule has 1 atom stereocenters. The van der Waals surface area contributed by atoms with Gasteiger partial charge in [-0.15, -0.1) is 0 Å². The van der Waals surface area contributed by atoms with Crippen LogP contribution in [0.4, 0.5) is 5.69 Å². The van der Waals surface area contributed by atoms with Crippen molar-refractivity contribution in [2.75, 3.05) is 27.4 Å². The number of hydrogen-bond acceptors (Lipinski definition) is 7. The molecule has 38 heavy (non-hydrogen) atoms. The molecule has 0 aliphatic rings. The lowest BCUT2D eigenvalue weighted by Gasteiger charge is -2.30. The molecule has 0 spiro atoms. The zero-order chi connectivity index (χ0) is 27.4. The van der Waals surface area contributed by atoms with Gasteiger partial charge in [0.05, 0.1) is 41.3 Å². The van der Waals surface area contributed by atoms with Crippen LogP contribution in [-0.2, 0) is 4.74 Å². The van der Waals surface area contributed by atoms with E-state index in [1.54, 1.807) is 37.3 Å². The van der Waals surface area contributed by atoms with Crippen molar-refractivity contribution in [3.05, 3.63) is 104 Å². The summed E-state index contributed by atoms with van der Waals surface area (Å²) in [7, 11) is 3.04. The van der Waals surface area contributed by atoms with Crippen LogP contribution in [0.1, 0.15) is 34.7 Å². The summed E-state index contributed by atoms with van der Waals surface area (Å²) in [6.07, 6.45) is 0. The zero-order valence-electron chi connectivity index (χ0n) is 21.6. The third-order valence-electron chi connectivity index (χ3n) is 6.32. The van der Waals surface area contributed by atoms with Gasteiger partial charge in [-0.25, -0.2) is 4.98 Å². The van der Waals surface area contributed by atoms with E-state index in [-0.39, 0.29) is 30.0 Å². The Labute approximate surface area is 219 Å². The summed E-state index contributed by atoms with van der Waals surface area (Å²) in [4.78, 5) is 44.7. The number of carbonyl (C=O) groups is 1. The van der Waals surface area contributed by atoms with E-state index in [4.69, 9.17) is 14.5 Å². The fourth-order valence-electron chi connectivity index (χ4n) is 4.36. The molecule has 0 N–H and O–H groups in total. The number of nitro benzene ring substituents is 1. The average Bonchev–Trinajstić information content (AvgIpc) is 2.93. The number of fused-ring (bicyclic) bond motifs is 1. The first-order valence-corrected chi connectivity index (χ1v) is 12.0. The highest BCUT2D eigenvalue weighted by Crippen LogP contribution is 2.29. The zero-order valence-corrected chi connectivity index (χ0v) is 21.6. The highest BCUT2D eigenvalue weighted by Gasteiger charge is 2.29. The van der Waals surface area contributed by atoms with Gasteiger partial charge in [0.25, 0.3) is 17.2 Å². The first kappa shape index (κ1) is 26.5. The van der Waals surface area contributed by atoms with Crippen LogP contribution in [0.5, 0.6) is 5.75 Å². The Morgan fingerprint density at radius 2 is 1.87 bits per heavy atom. The van der Waals surface area contributed by atoms with Crippen molar-refractivity contribution in [1.29, 1.82) is 0 Å². The minimum Gasteiger partial charge on any atom is -0.495 e. The summed E-state index contributed by atoms with van der Waals surface area (Å²) in [5.41, 5.74) is 1.52. The smallest absolute Gasteiger partial charge is 0.270 e. The highest BCUT2D eigenvalue weighted by atomic mass is 16.6. The highest BCUT2D eigenvalue weighted by molar-refractivity contribution is 5.95. The lowest BCUT2D eigenvalue weighted by Crippen LogP contribution is -2.39. The molecule has 1 heterocycles. The molecule has 0 radical (unpaired) electrons. The molecular weight excluding hydrogens is 488 g/mol. The summed E-state index contributed by atoms with van der Waals surface area (Å²) < 4.78 is 12.3. The number of methoxy groups -OCH3 is 2. The third-order valence-corrected chi connectivity index (χ3v) is 6.32. The van der Waals surface area contributed by atoms with E-state index in [1.165, 1.54) is 48.0 Å². The van der Waals surface area contributed by atoms with Crippen molar-refractivity contribution in [1.82, 2.24) is 14.5 Å². The predicted octanol–water partition coefficient (Wildman–Crippen LogP) is 4.46. The van der Waals surface area contributed by atoms with E-state index in [9.17, 15) is 19.7 Å². The van der Waals surface area contributed by atoms with Gasteiger partial charge in [-0.1, -0.05) is 24.3 Å². The number of benzene rings is 3. The number of rotatable bonds is 9. The second-order valence-corrected chi connectivity index (χ2v) is 8.78. The van der Waals surface area contributed by atoms with Gasteiger partial charge in [0.15, 0.2) is 0 Å². The van der Waals surface area contributed by atoms with Crippen molar-refractivity contribution < 1.29 is 19.2 Å². The van der Waals surface area contributed by atoms with Crippen molar-refractivity contribution >= 4 is 22.5 Å². The number of carbonyl (C=O) groups excluding carboxylic acids is 1. The van der Waals surface area contributed by atoms with Crippen molar-refractivity contribution in [3.8, 4) is 11.4 Å². The number of hydrogen-bond donors (Lipinski definition) is 0. The minimum atomic E-state index is -0.723. The van der Waals surface area contributed by atoms with Gasteiger partial charge in [0.1, 0.15) is 11.6 Å². The van der Waals surface area contributed by atoms with Crippen LogP contribution in [0.3, 0.4) is 0 Å². The molecule has 0 saturated heterocycles. The number of non-ortho nitro benzene ring substituents is 1. The van der Waals surface area contributed by atoms with Crippen LogP contribution in [-0.4, -0.2) is 52.7 Å². The summed E-state index contributed by atoms with van der Waals surface area (Å²) in [6, 6.07) is 17.3. The second-order valence-electron chi connectivity index (χ2n) is 8.78. The molecule has 0 saturated carbocycles. The predicted molar refractivity (Wildman–Crippen MR) is 143 cm³/mol. The Morgan fingerprint density at radius 1 is 1.11 bits per heavy atom. The molecule has 1 aromatic heterocycles. The quantitative estimate of drug-likeness (QED) is 0.238. The summed E-state index contributed by atoms with van der Waals surface area (Å²) in [5.74, 6) is 0.326. The number of nitrogens with zero attached hydrogens (tertiary/aromatic N) is 4. The van der Waals surface area contributed by atoms with Gasteiger partial charge in [-0.2, -0.15) is 0 Å². The van der Waals surface area contributed by atoms with Crippen LogP contribution in [0, 0.1) is 17.0 Å². The molecule has 0 aliphatic heterocycles. The molecule has 4 aromatic rings. The number of ether oxygens (including phenoxy) is 2. The Bertz CT molecular complexity index is 1570. The van der Waals surface area contributed by atoms with Gasteiger partial charge < -0.3 is 14.4 Å². The first-order chi connectivity index (χ1) is 18.3. The Hall–Kier alpha value is -4.57. The molecule has 4 rings (SSSR count). The lowest BCUT2D eigenvalue weighted by atomic mass is 10.1. The first-order valence-electron chi connectivity index (χ1n) is 12.0. The van der Waals surface area contributed by atoms with Crippen LogP contribution in [0.15, 0.2) is 71.5 Å². The fraction of sp³-hybridized carbons (Fsp3) is 0.250. The van der Waals surface area contributed by atoms with E-state index in [2.05, 4.69) is 0 Å². The molecule has 1 unspecified atom stereocenters. The van der Waals surface area contributed by atoms with Gasteiger partial charge in [-0.3, -0.25) is 24.3 Å². The molecule has 1 amide bonds. The Kier molecular flexibility index (Phi) is 7.82. The van der Waals surface area contributed by atoms with E-state index in [0.717, 1.165) is 5.56 Å². The maximum absolute atomic E-state index is 13.9. The van der Waals surface area contributed by atoms with Crippen LogP contribution < -0.4 is 10.3 Å². The topological polar surface area (TPSA) is 117 Å². The normalized spacial score (nSPS) is 11.8. The second kappa shape index (κ2) is 11.2. The van der Waals surface area contributed by atoms with Gasteiger partial charge in [-0.05, 0) is 49.7 Å². The van der Waals surface area contributed by atoms with Crippen molar-refractivity contribution in [3.63, 3.8) is 0 Å². The van der Waals surface area contributed by atoms with E-state index in [1.807, 2.05) is 19.1 Å². The Morgan fingerprint density at radius 3 is 2.58 bits per heavy atom. The SMILES string of the molecule is COCCN(C(=O)c1cccc([N+](=O)[O-])c1)C(C)c1nc2ccccc2c(=O)n1-c1cc(C)ccc1OC. The molecule has 10 heteroatoms. The number of aryl methyl sites for hydroxylation is 1. The van der Waals surface area contributed by atoms with Crippen LogP contribution in [0.2, 0.25) is 0 Å². The molecule has 0 aliphatic carbocycles. The molecule has 0 bridgehead atoms. The average molecular weight is 517 g/mol. The van der Waals surface area contributed by atoms with Gasteiger partial charge in [0.2, 0.25) is 0 Å². The molecule has 196 valence electrons. The van der Waals surface area contributed by atoms with E-state index in [0.29, 0.717) is 28.2 Å². The summed E-state index contributed by atoms with van der Waals surface area (Å²) >= 11 is 0. The van der Waals surface area contributed by atoms with Crippen molar-refractivity contribution in [2.45, 2.75) is 19.9 Å². The van der Waals surface area contributed by atoms with Gasteiger partial charge >= 0.3 is 0 Å². The number of amides is 1. The largest absolute Gasteiger partial charge is 0.495 e.